The van der Waals surface area contributed by atoms with Crippen LogP contribution in [-0.2, 0) is 20.7 Å². The molecule has 29 heavy (non-hydrogen) atoms. The van der Waals surface area contributed by atoms with E-state index in [0.29, 0.717) is 34.4 Å². The molecule has 0 saturated carbocycles. The van der Waals surface area contributed by atoms with Crippen LogP contribution in [0.5, 0.6) is 0 Å². The summed E-state index contributed by atoms with van der Waals surface area (Å²) in [5.74, 6) is -1.18. The van der Waals surface area contributed by atoms with Gasteiger partial charge in [-0.2, -0.15) is 0 Å². The number of hydrogen-bond acceptors (Lipinski definition) is 6. The van der Waals surface area contributed by atoms with E-state index in [0.717, 1.165) is 0 Å². The first-order valence-corrected chi connectivity index (χ1v) is 10.6. The summed E-state index contributed by atoms with van der Waals surface area (Å²) in [6, 6.07) is 5.71. The van der Waals surface area contributed by atoms with Gasteiger partial charge in [0.1, 0.15) is 6.04 Å². The molecule has 2 N–H and O–H groups in total. The molecule has 2 unspecified atom stereocenters. The molecule has 2 rings (SSSR count). The molecule has 7 nitrogen and oxygen atoms in total. The third-order valence-electron chi connectivity index (χ3n) is 4.30. The SMILES string of the molecule is CCOC(=O)Cc1csc(NC(=O)C(NC(=O)c2ccc(Cl)cc2)C(C)CC)n1. The Hall–Kier alpha value is -2.45. The van der Waals surface area contributed by atoms with Gasteiger partial charge in [-0.25, -0.2) is 4.98 Å². The van der Waals surface area contributed by atoms with Gasteiger partial charge in [-0.3, -0.25) is 14.4 Å². The average molecular weight is 438 g/mol. The van der Waals surface area contributed by atoms with E-state index < -0.39 is 6.04 Å². The maximum absolute atomic E-state index is 12.8. The van der Waals surface area contributed by atoms with Crippen molar-refractivity contribution in [2.24, 2.45) is 5.92 Å². The second-order valence-corrected chi connectivity index (χ2v) is 7.75. The van der Waals surface area contributed by atoms with E-state index in [1.165, 1.54) is 11.3 Å². The maximum Gasteiger partial charge on any atom is 0.311 e. The highest BCUT2D eigenvalue weighted by Crippen LogP contribution is 2.18. The van der Waals surface area contributed by atoms with Gasteiger partial charge < -0.3 is 15.4 Å². The Balaban J connectivity index is 2.05. The summed E-state index contributed by atoms with van der Waals surface area (Å²) in [6.45, 7) is 5.87. The van der Waals surface area contributed by atoms with E-state index in [9.17, 15) is 14.4 Å². The van der Waals surface area contributed by atoms with Crippen LogP contribution in [-0.4, -0.2) is 35.4 Å². The average Bonchev–Trinajstić information content (AvgIpc) is 3.12. The van der Waals surface area contributed by atoms with Crippen molar-refractivity contribution in [3.63, 3.8) is 0 Å². The Morgan fingerprint density at radius 1 is 1.21 bits per heavy atom. The number of esters is 1. The first-order valence-electron chi connectivity index (χ1n) is 9.31. The lowest BCUT2D eigenvalue weighted by atomic mass is 9.98. The summed E-state index contributed by atoms with van der Waals surface area (Å²) >= 11 is 7.07. The van der Waals surface area contributed by atoms with Crippen LogP contribution in [0.4, 0.5) is 5.13 Å². The summed E-state index contributed by atoms with van der Waals surface area (Å²) < 4.78 is 4.90. The quantitative estimate of drug-likeness (QED) is 0.583. The summed E-state index contributed by atoms with van der Waals surface area (Å²) in [5.41, 5.74) is 0.940. The first kappa shape index (κ1) is 22.8. The normalized spacial score (nSPS) is 12.7. The third-order valence-corrected chi connectivity index (χ3v) is 5.36. The van der Waals surface area contributed by atoms with Gasteiger partial charge in [-0.05, 0) is 37.1 Å². The molecule has 0 radical (unpaired) electrons. The van der Waals surface area contributed by atoms with Crippen LogP contribution >= 0.6 is 22.9 Å². The number of anilines is 1. The number of hydrogen-bond donors (Lipinski definition) is 2. The Labute approximate surface area is 178 Å². The van der Waals surface area contributed by atoms with Crippen LogP contribution in [0, 0.1) is 5.92 Å². The fourth-order valence-corrected chi connectivity index (χ4v) is 3.36. The van der Waals surface area contributed by atoms with Gasteiger partial charge in [-0.1, -0.05) is 31.9 Å². The first-order chi connectivity index (χ1) is 13.8. The van der Waals surface area contributed by atoms with E-state index in [4.69, 9.17) is 16.3 Å². The number of halogens is 1. The number of carbonyl (C=O) groups is 3. The number of ether oxygens (including phenoxy) is 1. The number of amides is 2. The summed E-state index contributed by atoms with van der Waals surface area (Å²) in [4.78, 5) is 41.1. The van der Waals surface area contributed by atoms with Gasteiger partial charge in [0.25, 0.3) is 5.91 Å². The molecular formula is C20H24ClN3O4S. The molecule has 0 fully saturated rings. The molecule has 0 aliphatic rings. The topological polar surface area (TPSA) is 97.4 Å². The lowest BCUT2D eigenvalue weighted by molar-refractivity contribution is -0.142. The highest BCUT2D eigenvalue weighted by atomic mass is 35.5. The van der Waals surface area contributed by atoms with E-state index >= 15 is 0 Å². The minimum Gasteiger partial charge on any atom is -0.466 e. The Morgan fingerprint density at radius 2 is 1.90 bits per heavy atom. The highest BCUT2D eigenvalue weighted by Gasteiger charge is 2.27. The molecule has 0 aliphatic heterocycles. The van der Waals surface area contributed by atoms with Crippen molar-refractivity contribution in [1.29, 1.82) is 0 Å². The molecule has 156 valence electrons. The number of carbonyl (C=O) groups excluding carboxylic acids is 3. The molecule has 9 heteroatoms. The molecule has 0 saturated heterocycles. The van der Waals surface area contributed by atoms with Gasteiger partial charge in [0.05, 0.1) is 18.7 Å². The number of nitrogens with one attached hydrogen (secondary N) is 2. The fraction of sp³-hybridized carbons (Fsp3) is 0.400. The van der Waals surface area contributed by atoms with Gasteiger partial charge in [0, 0.05) is 16.0 Å². The Kier molecular flexibility index (Phi) is 8.60. The van der Waals surface area contributed by atoms with Crippen LogP contribution in [0.3, 0.4) is 0 Å². The minimum absolute atomic E-state index is 0.0440. The summed E-state index contributed by atoms with van der Waals surface area (Å²) in [5, 5.41) is 8.10. The number of benzene rings is 1. The number of nitrogens with zero attached hydrogens (tertiary/aromatic N) is 1. The molecule has 1 aromatic carbocycles. The molecule has 2 atom stereocenters. The van der Waals surface area contributed by atoms with Crippen molar-refractivity contribution in [2.75, 3.05) is 11.9 Å². The molecule has 1 aromatic heterocycles. The fourth-order valence-electron chi connectivity index (χ4n) is 2.52. The van der Waals surface area contributed by atoms with Gasteiger partial charge in [-0.15, -0.1) is 11.3 Å². The van der Waals surface area contributed by atoms with E-state index in [1.54, 1.807) is 36.6 Å². The van der Waals surface area contributed by atoms with E-state index in [1.807, 2.05) is 13.8 Å². The van der Waals surface area contributed by atoms with Crippen molar-refractivity contribution in [2.45, 2.75) is 39.7 Å². The number of rotatable bonds is 9. The predicted molar refractivity (Wildman–Crippen MR) is 113 cm³/mol. The van der Waals surface area contributed by atoms with Crippen molar-refractivity contribution in [3.8, 4) is 0 Å². The van der Waals surface area contributed by atoms with Crippen molar-refractivity contribution in [3.05, 3.63) is 45.9 Å². The Bertz CT molecular complexity index is 854. The monoisotopic (exact) mass is 437 g/mol. The van der Waals surface area contributed by atoms with Gasteiger partial charge in [0.15, 0.2) is 5.13 Å². The third kappa shape index (κ3) is 6.83. The van der Waals surface area contributed by atoms with Crippen LogP contribution in [0.25, 0.3) is 0 Å². The minimum atomic E-state index is -0.736. The highest BCUT2D eigenvalue weighted by molar-refractivity contribution is 7.13. The molecule has 2 aromatic rings. The Morgan fingerprint density at radius 3 is 2.52 bits per heavy atom. The lowest BCUT2D eigenvalue weighted by Gasteiger charge is -2.23. The predicted octanol–water partition coefficient (Wildman–Crippen LogP) is 3.69. The van der Waals surface area contributed by atoms with Gasteiger partial charge >= 0.3 is 5.97 Å². The number of thiazole rings is 1. The zero-order valence-corrected chi connectivity index (χ0v) is 18.1. The second kappa shape index (κ2) is 10.9. The van der Waals surface area contributed by atoms with Crippen LogP contribution < -0.4 is 10.6 Å². The van der Waals surface area contributed by atoms with Crippen LogP contribution in [0.2, 0.25) is 5.02 Å². The van der Waals surface area contributed by atoms with E-state index in [-0.39, 0.29) is 30.1 Å². The van der Waals surface area contributed by atoms with Crippen LogP contribution in [0.1, 0.15) is 43.2 Å². The zero-order valence-electron chi connectivity index (χ0n) is 16.5. The van der Waals surface area contributed by atoms with Gasteiger partial charge in [0.2, 0.25) is 5.91 Å². The zero-order chi connectivity index (χ0) is 21.4. The maximum atomic E-state index is 12.8. The van der Waals surface area contributed by atoms with Crippen molar-refractivity contribution >= 4 is 45.9 Å². The van der Waals surface area contributed by atoms with Crippen molar-refractivity contribution < 1.29 is 19.1 Å². The van der Waals surface area contributed by atoms with Crippen molar-refractivity contribution in [1.82, 2.24) is 10.3 Å². The second-order valence-electron chi connectivity index (χ2n) is 6.46. The standard InChI is InChI=1S/C20H24ClN3O4S/c1-4-12(3)17(23-18(26)13-6-8-14(21)9-7-13)19(27)24-20-22-15(11-29-20)10-16(25)28-5-2/h6-9,11-12,17H,4-5,10H2,1-3H3,(H,23,26)(H,22,24,27). The molecule has 0 aliphatic carbocycles. The molecule has 0 bridgehead atoms. The molecular weight excluding hydrogens is 414 g/mol. The lowest BCUT2D eigenvalue weighted by Crippen LogP contribution is -2.47. The largest absolute Gasteiger partial charge is 0.466 e. The number of aromatic nitrogens is 1. The molecule has 0 spiro atoms. The summed E-state index contributed by atoms with van der Waals surface area (Å²) in [7, 11) is 0. The molecule has 2 amide bonds. The molecule has 1 heterocycles. The smallest absolute Gasteiger partial charge is 0.311 e. The van der Waals surface area contributed by atoms with E-state index in [2.05, 4.69) is 15.6 Å². The summed E-state index contributed by atoms with van der Waals surface area (Å²) in [6.07, 6.45) is 0.743. The van der Waals surface area contributed by atoms with Crippen LogP contribution in [0.15, 0.2) is 29.6 Å².